The average Bonchev–Trinajstić information content (AvgIpc) is 3.90. The van der Waals surface area contributed by atoms with Gasteiger partial charge < -0.3 is 15.4 Å². The molecule has 8 rings (SSSR count). The van der Waals surface area contributed by atoms with Crippen molar-refractivity contribution in [2.24, 2.45) is 4.99 Å². The van der Waals surface area contributed by atoms with Gasteiger partial charge in [0.1, 0.15) is 34.6 Å². The molecule has 4 aromatic carbocycles. The minimum atomic E-state index is -4.06. The predicted octanol–water partition coefficient (Wildman–Crippen LogP) is 8.52. The third kappa shape index (κ3) is 7.34. The van der Waals surface area contributed by atoms with Crippen molar-refractivity contribution in [2.45, 2.75) is 58.0 Å². The number of aromatic amines is 1. The Morgan fingerprint density at radius 2 is 1.69 bits per heavy atom. The van der Waals surface area contributed by atoms with Crippen LogP contribution in [0.3, 0.4) is 0 Å². The number of carboxylic acid groups (broad SMARTS) is 1. The number of nitrogens with zero attached hydrogens (tertiary/aromatic N) is 5. The molecular weight excluding hydrogens is 823 g/mol. The number of amides is 1. The Kier molecular flexibility index (Phi) is 10.4. The molecule has 17 heteroatoms. The number of hydrogen-bond acceptors (Lipinski definition) is 9. The van der Waals surface area contributed by atoms with Crippen molar-refractivity contribution in [1.29, 1.82) is 5.26 Å². The highest BCUT2D eigenvalue weighted by Crippen LogP contribution is 2.40. The minimum absolute atomic E-state index is 0.0568. The predicted molar refractivity (Wildman–Crippen MR) is 227 cm³/mol. The van der Waals surface area contributed by atoms with Crippen LogP contribution < -0.4 is 10.0 Å². The molecule has 1 aliphatic heterocycles. The Labute approximate surface area is 352 Å². The number of anilines is 1. The summed E-state index contributed by atoms with van der Waals surface area (Å²) in [5.41, 5.74) is 5.12. The third-order valence-electron chi connectivity index (χ3n) is 10.8. The summed E-state index contributed by atoms with van der Waals surface area (Å²) >= 11 is 1.52. The second-order valence-electron chi connectivity index (χ2n) is 14.7. The summed E-state index contributed by atoms with van der Waals surface area (Å²) in [7, 11) is -4.06. The second-order valence-corrected chi connectivity index (χ2v) is 17.6. The Hall–Kier alpha value is -7.03. The molecule has 61 heavy (non-hydrogen) atoms. The van der Waals surface area contributed by atoms with E-state index in [0.29, 0.717) is 50.5 Å². The maximum Gasteiger partial charge on any atom is 0.306 e. The first-order chi connectivity index (χ1) is 29.1. The molecule has 308 valence electrons. The lowest BCUT2D eigenvalue weighted by atomic mass is 9.96. The molecule has 3 aromatic heterocycles. The highest BCUT2D eigenvalue weighted by atomic mass is 32.2. The zero-order chi connectivity index (χ0) is 43.5. The van der Waals surface area contributed by atoms with Crippen LogP contribution in [0.5, 0.6) is 0 Å². The van der Waals surface area contributed by atoms with Crippen LogP contribution in [0.4, 0.5) is 14.5 Å². The third-order valence-corrected chi connectivity index (χ3v) is 13.4. The molecule has 2 atom stereocenters. The van der Waals surface area contributed by atoms with Crippen LogP contribution in [0.25, 0.3) is 27.0 Å². The Bertz CT molecular complexity index is 3130. The van der Waals surface area contributed by atoms with Gasteiger partial charge in [-0.1, -0.05) is 42.5 Å². The number of fused-ring (bicyclic) bond motifs is 4. The van der Waals surface area contributed by atoms with E-state index in [9.17, 15) is 28.4 Å². The Morgan fingerprint density at radius 1 is 0.984 bits per heavy atom. The van der Waals surface area contributed by atoms with E-state index < -0.39 is 51.2 Å². The summed E-state index contributed by atoms with van der Waals surface area (Å²) in [5, 5.41) is 31.8. The maximum absolute atomic E-state index is 15.7. The maximum atomic E-state index is 15.7. The highest BCUT2D eigenvalue weighted by molar-refractivity contribution is 7.92. The molecule has 1 aliphatic rings. The van der Waals surface area contributed by atoms with Crippen LogP contribution in [0.2, 0.25) is 0 Å². The van der Waals surface area contributed by atoms with E-state index in [2.05, 4.69) is 31.3 Å². The number of benzene rings is 4. The molecule has 0 fully saturated rings. The molecule has 13 nitrogen and oxygen atoms in total. The van der Waals surface area contributed by atoms with Crippen molar-refractivity contribution in [1.82, 2.24) is 25.1 Å². The SMILES string of the molecule is Cc1sc2c(c1C)C(c1ccc(-c3cc(F)c(C(=O)NC(C)c4ccc(S(=O)(=O)Nc5ccc(C)c6c(C#N)c[nH]c56)cc4)cc3F)cc1)=N[C@@H](CC(=O)O)c1nnc(C)n1-2. The summed E-state index contributed by atoms with van der Waals surface area (Å²) in [6.07, 6.45) is 1.20. The number of sulfonamides is 1. The molecule has 0 spiro atoms. The van der Waals surface area contributed by atoms with Crippen molar-refractivity contribution in [3.05, 3.63) is 146 Å². The van der Waals surface area contributed by atoms with Gasteiger partial charge in [-0.3, -0.25) is 23.9 Å². The van der Waals surface area contributed by atoms with Crippen molar-refractivity contribution < 1.29 is 31.9 Å². The summed E-state index contributed by atoms with van der Waals surface area (Å²) in [5.74, 6) is -2.71. The zero-order valence-electron chi connectivity index (χ0n) is 33.3. The number of hydrogen-bond donors (Lipinski definition) is 4. The van der Waals surface area contributed by atoms with Gasteiger partial charge in [0.25, 0.3) is 15.9 Å². The number of aromatic nitrogens is 4. The quantitative estimate of drug-likeness (QED) is 0.105. The number of H-pyrrole nitrogens is 1. The van der Waals surface area contributed by atoms with Crippen molar-refractivity contribution in [3.63, 3.8) is 0 Å². The van der Waals surface area contributed by atoms with Crippen LogP contribution in [0.1, 0.15) is 85.7 Å². The van der Waals surface area contributed by atoms with E-state index in [-0.39, 0.29) is 22.6 Å². The average molecular weight is 859 g/mol. The van der Waals surface area contributed by atoms with Gasteiger partial charge in [0.05, 0.1) is 45.4 Å². The lowest BCUT2D eigenvalue weighted by Gasteiger charge is -2.16. The fourth-order valence-corrected chi connectivity index (χ4v) is 9.82. The number of halogens is 2. The number of carbonyl (C=O) groups is 2. The number of rotatable bonds is 10. The first kappa shape index (κ1) is 40.7. The van der Waals surface area contributed by atoms with E-state index in [1.54, 1.807) is 50.2 Å². The molecule has 1 amide bonds. The molecule has 0 radical (unpaired) electrons. The smallest absolute Gasteiger partial charge is 0.306 e. The lowest BCUT2D eigenvalue weighted by molar-refractivity contribution is -0.137. The van der Waals surface area contributed by atoms with E-state index in [4.69, 9.17) is 4.99 Å². The summed E-state index contributed by atoms with van der Waals surface area (Å²) < 4.78 is 62.4. The standard InChI is InChI=1S/C44H36F2N8O5S2/c1-21-6-15-35(41-38(21)29(19-47)20-48-41)53-61(58,59)30-13-11-26(12-14-30)23(3)49-43(57)32-17-33(45)31(16-34(32)46)27-7-9-28(10-8-27)40-39-22(2)24(4)60-44(39)54-25(5)51-52-42(54)36(50-40)18-37(55)56/h6-17,20,23,36,48,53H,18H2,1-5H3,(H,49,57)(H,55,56)/t23?,36-/m0/s1. The lowest BCUT2D eigenvalue weighted by Crippen LogP contribution is -2.27. The van der Waals surface area contributed by atoms with Crippen LogP contribution in [0, 0.1) is 50.7 Å². The van der Waals surface area contributed by atoms with E-state index >= 15 is 8.78 Å². The fourth-order valence-electron chi connectivity index (χ4n) is 7.53. The van der Waals surface area contributed by atoms with Gasteiger partial charge in [-0.05, 0) is 87.2 Å². The number of aliphatic imine (C=N–C) groups is 1. The van der Waals surface area contributed by atoms with Gasteiger partial charge in [-0.2, -0.15) is 5.26 Å². The first-order valence-corrected chi connectivity index (χ1v) is 21.2. The van der Waals surface area contributed by atoms with Gasteiger partial charge in [0.2, 0.25) is 0 Å². The molecule has 4 heterocycles. The number of nitrogens with one attached hydrogen (secondary N) is 3. The van der Waals surface area contributed by atoms with Crippen LogP contribution >= 0.6 is 11.3 Å². The molecular formula is C44H36F2N8O5S2. The summed E-state index contributed by atoms with van der Waals surface area (Å²) in [6.45, 7) is 9.19. The van der Waals surface area contributed by atoms with E-state index in [1.807, 2.05) is 25.3 Å². The van der Waals surface area contributed by atoms with Crippen LogP contribution in [-0.4, -0.2) is 50.9 Å². The largest absolute Gasteiger partial charge is 0.481 e. The van der Waals surface area contributed by atoms with E-state index in [0.717, 1.165) is 38.7 Å². The summed E-state index contributed by atoms with van der Waals surface area (Å²) in [6, 6.07) is 18.1. The number of nitriles is 1. The number of aliphatic carboxylic acids is 1. The number of aryl methyl sites for hydroxylation is 3. The van der Waals surface area contributed by atoms with Gasteiger partial charge >= 0.3 is 5.97 Å². The topological polar surface area (TPSA) is 195 Å². The number of carboxylic acids is 1. The Balaban J connectivity index is 0.996. The zero-order valence-corrected chi connectivity index (χ0v) is 34.9. The van der Waals surface area contributed by atoms with Gasteiger partial charge in [-0.15, -0.1) is 21.5 Å². The second kappa shape index (κ2) is 15.5. The molecule has 1 unspecified atom stereocenters. The van der Waals surface area contributed by atoms with Crippen molar-refractivity contribution >= 4 is 55.5 Å². The fraction of sp³-hybridized carbons (Fsp3) is 0.182. The molecule has 0 saturated carbocycles. The molecule has 0 aliphatic carbocycles. The van der Waals surface area contributed by atoms with Crippen LogP contribution in [-0.2, 0) is 14.8 Å². The van der Waals surface area contributed by atoms with Gasteiger partial charge in [0, 0.05) is 33.2 Å². The van der Waals surface area contributed by atoms with Crippen molar-refractivity contribution in [2.75, 3.05) is 4.72 Å². The van der Waals surface area contributed by atoms with Gasteiger partial charge in [0.15, 0.2) is 5.82 Å². The highest BCUT2D eigenvalue weighted by Gasteiger charge is 2.32. The van der Waals surface area contributed by atoms with Gasteiger partial charge in [-0.25, -0.2) is 17.2 Å². The molecule has 7 aromatic rings. The molecule has 0 bridgehead atoms. The minimum Gasteiger partial charge on any atom is -0.481 e. The molecule has 4 N–H and O–H groups in total. The summed E-state index contributed by atoms with van der Waals surface area (Å²) in [4.78, 5) is 34.0. The number of thiophene rings is 1. The van der Waals surface area contributed by atoms with Crippen LogP contribution in [0.15, 0.2) is 88.9 Å². The van der Waals surface area contributed by atoms with Crippen molar-refractivity contribution in [3.8, 4) is 22.2 Å². The monoisotopic (exact) mass is 858 g/mol. The normalized spacial score (nSPS) is 14.1. The van der Waals surface area contributed by atoms with E-state index in [1.165, 1.54) is 41.8 Å². The Morgan fingerprint density at radius 3 is 2.38 bits per heavy atom. The first-order valence-electron chi connectivity index (χ1n) is 18.9. The number of carbonyl (C=O) groups excluding carboxylic acids is 1. The molecule has 0 saturated heterocycles.